The Morgan fingerprint density at radius 3 is 2.81 bits per heavy atom. The fourth-order valence-electron chi connectivity index (χ4n) is 1.62. The first-order chi connectivity index (χ1) is 7.72. The standard InChI is InChI=1S/C11H12O4S/c1-14-11(13)8-5-4-7(15-8)10(12)9-3-2-6-16-9/h4-5,9H,2-3,6H2,1H3. The summed E-state index contributed by atoms with van der Waals surface area (Å²) in [6.07, 6.45) is 1.95. The molecule has 0 aromatic carbocycles. The van der Waals surface area contributed by atoms with Crippen molar-refractivity contribution in [1.29, 1.82) is 0 Å². The second-order valence-corrected chi connectivity index (χ2v) is 4.83. The van der Waals surface area contributed by atoms with Crippen molar-refractivity contribution in [3.63, 3.8) is 0 Å². The van der Waals surface area contributed by atoms with Gasteiger partial charge in [-0.3, -0.25) is 4.79 Å². The molecule has 2 heterocycles. The molecule has 1 aromatic rings. The molecule has 1 aliphatic heterocycles. The van der Waals surface area contributed by atoms with Crippen LogP contribution >= 0.6 is 11.8 Å². The van der Waals surface area contributed by atoms with E-state index in [1.807, 2.05) is 0 Å². The average Bonchev–Trinajstić information content (AvgIpc) is 2.97. The van der Waals surface area contributed by atoms with Crippen LogP contribution in [0.1, 0.15) is 34.0 Å². The van der Waals surface area contributed by atoms with Crippen molar-refractivity contribution < 1.29 is 18.7 Å². The number of esters is 1. The van der Waals surface area contributed by atoms with Gasteiger partial charge in [-0.2, -0.15) is 11.8 Å². The number of furan rings is 1. The summed E-state index contributed by atoms with van der Waals surface area (Å²) in [6, 6.07) is 3.01. The summed E-state index contributed by atoms with van der Waals surface area (Å²) in [5, 5.41) is -0.0170. The molecule has 86 valence electrons. The lowest BCUT2D eigenvalue weighted by Crippen LogP contribution is -2.13. The van der Waals surface area contributed by atoms with Crippen molar-refractivity contribution in [2.24, 2.45) is 0 Å². The average molecular weight is 240 g/mol. The van der Waals surface area contributed by atoms with Gasteiger partial charge in [-0.25, -0.2) is 4.79 Å². The van der Waals surface area contributed by atoms with Crippen LogP contribution in [0.5, 0.6) is 0 Å². The maximum absolute atomic E-state index is 11.9. The summed E-state index contributed by atoms with van der Waals surface area (Å²) in [4.78, 5) is 23.0. The first kappa shape index (κ1) is 11.3. The van der Waals surface area contributed by atoms with Gasteiger partial charge in [0.2, 0.25) is 11.5 Å². The molecule has 2 rings (SSSR count). The highest BCUT2D eigenvalue weighted by molar-refractivity contribution is 8.00. The summed E-state index contributed by atoms with van der Waals surface area (Å²) in [5.41, 5.74) is 0. The Labute approximate surface area is 97.3 Å². The molecular formula is C11H12O4S. The topological polar surface area (TPSA) is 56.5 Å². The highest BCUT2D eigenvalue weighted by Crippen LogP contribution is 2.29. The van der Waals surface area contributed by atoms with E-state index in [-0.39, 0.29) is 22.6 Å². The summed E-state index contributed by atoms with van der Waals surface area (Å²) < 4.78 is 9.68. The van der Waals surface area contributed by atoms with Crippen molar-refractivity contribution in [2.75, 3.05) is 12.9 Å². The molecule has 1 aromatic heterocycles. The van der Waals surface area contributed by atoms with Crippen LogP contribution < -0.4 is 0 Å². The number of rotatable bonds is 3. The quantitative estimate of drug-likeness (QED) is 0.598. The van der Waals surface area contributed by atoms with Crippen LogP contribution in [0, 0.1) is 0 Å². The minimum atomic E-state index is -0.557. The Hall–Kier alpha value is -1.23. The van der Waals surface area contributed by atoms with Gasteiger partial charge in [0.05, 0.1) is 12.4 Å². The fourth-order valence-corrected chi connectivity index (χ4v) is 2.84. The van der Waals surface area contributed by atoms with Crippen LogP contribution in [0.15, 0.2) is 16.5 Å². The third-order valence-corrected chi connectivity index (χ3v) is 3.83. The molecule has 0 radical (unpaired) electrons. The summed E-state index contributed by atoms with van der Waals surface area (Å²) in [7, 11) is 1.28. The van der Waals surface area contributed by atoms with Crippen molar-refractivity contribution in [3.05, 3.63) is 23.7 Å². The summed E-state index contributed by atoms with van der Waals surface area (Å²) in [6.45, 7) is 0. The van der Waals surface area contributed by atoms with Crippen molar-refractivity contribution in [3.8, 4) is 0 Å². The van der Waals surface area contributed by atoms with E-state index >= 15 is 0 Å². The zero-order chi connectivity index (χ0) is 11.5. The first-order valence-corrected chi connectivity index (χ1v) is 6.11. The van der Waals surface area contributed by atoms with Gasteiger partial charge >= 0.3 is 5.97 Å². The largest absolute Gasteiger partial charge is 0.463 e. The molecule has 1 atom stereocenters. The lowest BCUT2D eigenvalue weighted by Gasteiger charge is -2.03. The van der Waals surface area contributed by atoms with Crippen molar-refractivity contribution in [1.82, 2.24) is 0 Å². The Morgan fingerprint density at radius 2 is 2.19 bits per heavy atom. The lowest BCUT2D eigenvalue weighted by atomic mass is 10.1. The highest BCUT2D eigenvalue weighted by Gasteiger charge is 2.27. The molecule has 1 aliphatic rings. The Bertz CT molecular complexity index is 404. The van der Waals surface area contributed by atoms with E-state index in [1.165, 1.54) is 19.2 Å². The number of ether oxygens (including phenoxy) is 1. The van der Waals surface area contributed by atoms with Gasteiger partial charge in [-0.05, 0) is 30.7 Å². The van der Waals surface area contributed by atoms with Gasteiger partial charge < -0.3 is 9.15 Å². The minimum absolute atomic E-state index is 0.0170. The van der Waals surface area contributed by atoms with Gasteiger partial charge in [-0.15, -0.1) is 0 Å². The third kappa shape index (κ3) is 2.14. The number of Topliss-reactive ketones (excluding diaryl/α,β-unsaturated/α-hetero) is 1. The van der Waals surface area contributed by atoms with E-state index in [1.54, 1.807) is 11.8 Å². The molecule has 4 nitrogen and oxygen atoms in total. The van der Waals surface area contributed by atoms with E-state index in [4.69, 9.17) is 4.42 Å². The minimum Gasteiger partial charge on any atom is -0.463 e. The van der Waals surface area contributed by atoms with E-state index in [2.05, 4.69) is 4.74 Å². The number of carbonyl (C=O) groups excluding carboxylic acids is 2. The van der Waals surface area contributed by atoms with Gasteiger partial charge in [0, 0.05) is 0 Å². The second kappa shape index (κ2) is 4.74. The molecule has 1 unspecified atom stereocenters. The van der Waals surface area contributed by atoms with E-state index in [0.717, 1.165) is 18.6 Å². The van der Waals surface area contributed by atoms with E-state index in [0.29, 0.717) is 0 Å². The summed E-state index contributed by atoms with van der Waals surface area (Å²) in [5.74, 6) is 0.755. The number of carbonyl (C=O) groups is 2. The molecule has 0 N–H and O–H groups in total. The zero-order valence-electron chi connectivity index (χ0n) is 8.89. The molecule has 0 amide bonds. The maximum Gasteiger partial charge on any atom is 0.373 e. The Balaban J connectivity index is 2.11. The van der Waals surface area contributed by atoms with Gasteiger partial charge in [0.15, 0.2) is 5.76 Å². The number of ketones is 1. The number of methoxy groups -OCH3 is 1. The van der Waals surface area contributed by atoms with Crippen molar-refractivity contribution >= 4 is 23.5 Å². The van der Waals surface area contributed by atoms with Crippen LogP contribution in [0.2, 0.25) is 0 Å². The number of hydrogen-bond acceptors (Lipinski definition) is 5. The third-order valence-electron chi connectivity index (χ3n) is 2.46. The van der Waals surface area contributed by atoms with Crippen LogP contribution in [-0.2, 0) is 4.74 Å². The normalized spacial score (nSPS) is 19.7. The van der Waals surface area contributed by atoms with Crippen LogP contribution in [0.25, 0.3) is 0 Å². The van der Waals surface area contributed by atoms with Crippen LogP contribution in [-0.4, -0.2) is 29.9 Å². The molecule has 0 bridgehead atoms. The maximum atomic E-state index is 11.9. The lowest BCUT2D eigenvalue weighted by molar-refractivity contribution is 0.0563. The van der Waals surface area contributed by atoms with Crippen LogP contribution in [0.3, 0.4) is 0 Å². The van der Waals surface area contributed by atoms with E-state index < -0.39 is 5.97 Å². The smallest absolute Gasteiger partial charge is 0.373 e. The second-order valence-electron chi connectivity index (χ2n) is 3.52. The molecule has 1 saturated heterocycles. The predicted octanol–water partition coefficient (Wildman–Crippen LogP) is 2.14. The van der Waals surface area contributed by atoms with Gasteiger partial charge in [0.25, 0.3) is 0 Å². The number of hydrogen-bond donors (Lipinski definition) is 0. The fraction of sp³-hybridized carbons (Fsp3) is 0.455. The first-order valence-electron chi connectivity index (χ1n) is 5.06. The SMILES string of the molecule is COC(=O)c1ccc(C(=O)C2CCCS2)o1. The molecule has 0 saturated carbocycles. The molecule has 0 aliphatic carbocycles. The Morgan fingerprint density at radius 1 is 1.44 bits per heavy atom. The highest BCUT2D eigenvalue weighted by atomic mass is 32.2. The Kier molecular flexibility index (Phi) is 3.33. The molecule has 5 heteroatoms. The van der Waals surface area contributed by atoms with Gasteiger partial charge in [0.1, 0.15) is 0 Å². The molecule has 16 heavy (non-hydrogen) atoms. The van der Waals surface area contributed by atoms with Crippen molar-refractivity contribution in [2.45, 2.75) is 18.1 Å². The summed E-state index contributed by atoms with van der Waals surface area (Å²) >= 11 is 1.64. The monoisotopic (exact) mass is 240 g/mol. The number of thioether (sulfide) groups is 1. The molecule has 0 spiro atoms. The predicted molar refractivity (Wildman–Crippen MR) is 59.9 cm³/mol. The zero-order valence-corrected chi connectivity index (χ0v) is 9.71. The van der Waals surface area contributed by atoms with Crippen LogP contribution in [0.4, 0.5) is 0 Å². The van der Waals surface area contributed by atoms with E-state index in [9.17, 15) is 9.59 Å². The molecule has 1 fully saturated rings. The van der Waals surface area contributed by atoms with Gasteiger partial charge in [-0.1, -0.05) is 0 Å². The molecular weight excluding hydrogens is 228 g/mol.